The van der Waals surface area contributed by atoms with Crippen LogP contribution in [0.15, 0.2) is 18.2 Å². The summed E-state index contributed by atoms with van der Waals surface area (Å²) in [6.07, 6.45) is 1.74. The predicted octanol–water partition coefficient (Wildman–Crippen LogP) is 1.99. The van der Waals surface area contributed by atoms with Gasteiger partial charge < -0.3 is 16.0 Å². The summed E-state index contributed by atoms with van der Waals surface area (Å²) in [5.41, 5.74) is 9.27. The Hall–Kier alpha value is -1.55. The molecule has 104 valence electrons. The van der Waals surface area contributed by atoms with Crippen LogP contribution in [0.25, 0.3) is 0 Å². The van der Waals surface area contributed by atoms with Crippen LogP contribution in [0, 0.1) is 5.92 Å². The van der Waals surface area contributed by atoms with Crippen molar-refractivity contribution in [2.24, 2.45) is 11.7 Å². The quantitative estimate of drug-likeness (QED) is 0.871. The summed E-state index contributed by atoms with van der Waals surface area (Å²) >= 11 is 0. The number of hydrogen-bond acceptors (Lipinski definition) is 3. The third-order valence-corrected chi connectivity index (χ3v) is 3.54. The number of nitrogens with zero attached hydrogens (tertiary/aromatic N) is 1. The van der Waals surface area contributed by atoms with Gasteiger partial charge in [0, 0.05) is 25.0 Å². The first-order valence-electron chi connectivity index (χ1n) is 6.88. The number of nitrogens with two attached hydrogens (primary N) is 1. The lowest BCUT2D eigenvalue weighted by Gasteiger charge is -2.15. The number of nitrogens with one attached hydrogen (secondary N) is 1. The van der Waals surface area contributed by atoms with E-state index in [0.29, 0.717) is 12.3 Å². The summed E-state index contributed by atoms with van der Waals surface area (Å²) in [4.78, 5) is 14.2. The van der Waals surface area contributed by atoms with Gasteiger partial charge in [0.15, 0.2) is 0 Å². The van der Waals surface area contributed by atoms with E-state index in [2.05, 4.69) is 43.2 Å². The van der Waals surface area contributed by atoms with Crippen LogP contribution in [-0.2, 0) is 11.2 Å². The average Bonchev–Trinajstić information content (AvgIpc) is 2.70. The molecule has 0 saturated carbocycles. The second kappa shape index (κ2) is 5.61. The molecule has 0 bridgehead atoms. The van der Waals surface area contributed by atoms with Gasteiger partial charge in [-0.1, -0.05) is 13.8 Å². The van der Waals surface area contributed by atoms with Crippen LogP contribution in [0.4, 0.5) is 11.4 Å². The minimum absolute atomic E-state index is 0.0972. The van der Waals surface area contributed by atoms with E-state index in [0.717, 1.165) is 18.7 Å². The van der Waals surface area contributed by atoms with Crippen LogP contribution in [0.2, 0.25) is 0 Å². The minimum Gasteiger partial charge on any atom is -0.374 e. The molecule has 2 rings (SSSR count). The zero-order valence-corrected chi connectivity index (χ0v) is 11.9. The monoisotopic (exact) mass is 261 g/mol. The predicted molar refractivity (Wildman–Crippen MR) is 79.5 cm³/mol. The molecule has 3 N–H and O–H groups in total. The van der Waals surface area contributed by atoms with E-state index < -0.39 is 6.04 Å². The van der Waals surface area contributed by atoms with E-state index in [-0.39, 0.29) is 5.91 Å². The average molecular weight is 261 g/mol. The molecule has 0 radical (unpaired) electrons. The fourth-order valence-corrected chi connectivity index (χ4v) is 2.49. The molecule has 4 nitrogen and oxygen atoms in total. The summed E-state index contributed by atoms with van der Waals surface area (Å²) in [6, 6.07) is 5.63. The minimum atomic E-state index is -0.434. The van der Waals surface area contributed by atoms with Crippen LogP contribution >= 0.6 is 0 Å². The second-order valence-electron chi connectivity index (χ2n) is 5.74. The van der Waals surface area contributed by atoms with E-state index >= 15 is 0 Å². The molecule has 0 fully saturated rings. The highest BCUT2D eigenvalue weighted by molar-refractivity contribution is 5.95. The number of carbonyl (C=O) groups is 1. The zero-order valence-electron chi connectivity index (χ0n) is 11.9. The highest BCUT2D eigenvalue weighted by atomic mass is 16.2. The maximum absolute atomic E-state index is 12.0. The van der Waals surface area contributed by atoms with Crippen molar-refractivity contribution >= 4 is 17.3 Å². The van der Waals surface area contributed by atoms with E-state index in [9.17, 15) is 4.79 Å². The Morgan fingerprint density at radius 2 is 2.21 bits per heavy atom. The third kappa shape index (κ3) is 3.26. The number of carbonyl (C=O) groups excluding carboxylic acids is 1. The van der Waals surface area contributed by atoms with E-state index in [1.807, 2.05) is 6.07 Å². The summed E-state index contributed by atoms with van der Waals surface area (Å²) in [7, 11) is 2.09. The van der Waals surface area contributed by atoms with Crippen molar-refractivity contribution in [2.45, 2.75) is 32.7 Å². The van der Waals surface area contributed by atoms with Crippen molar-refractivity contribution in [1.82, 2.24) is 0 Å². The molecule has 1 amide bonds. The molecule has 1 aliphatic rings. The molecule has 0 spiro atoms. The van der Waals surface area contributed by atoms with Gasteiger partial charge in [-0.3, -0.25) is 4.79 Å². The van der Waals surface area contributed by atoms with Crippen LogP contribution in [-0.4, -0.2) is 25.5 Å². The molecular formula is C15H23N3O. The number of amides is 1. The molecule has 0 saturated heterocycles. The van der Waals surface area contributed by atoms with Gasteiger partial charge in [-0.05, 0) is 42.5 Å². The Morgan fingerprint density at radius 3 is 2.89 bits per heavy atom. The first-order chi connectivity index (χ1) is 8.97. The molecule has 4 heteroatoms. The number of likely N-dealkylation sites (N-methyl/N-ethyl adjacent to an activating group) is 1. The molecule has 1 atom stereocenters. The van der Waals surface area contributed by atoms with Gasteiger partial charge in [-0.15, -0.1) is 0 Å². The number of fused-ring (bicyclic) bond motifs is 1. The first kappa shape index (κ1) is 13.9. The Labute approximate surface area is 115 Å². The maximum Gasteiger partial charge on any atom is 0.241 e. The standard InChI is InChI=1S/C15H23N3O/c1-10(2)8-13(16)15(19)17-12-4-5-14-11(9-12)6-7-18(14)3/h4-5,9-10,13H,6-8,16H2,1-3H3,(H,17,19)/t13-/m1/s1. The van der Waals surface area contributed by atoms with E-state index in [1.165, 1.54) is 11.3 Å². The smallest absolute Gasteiger partial charge is 0.241 e. The summed E-state index contributed by atoms with van der Waals surface area (Å²) in [6.45, 7) is 5.18. The van der Waals surface area contributed by atoms with Crippen molar-refractivity contribution in [3.8, 4) is 0 Å². The lowest BCUT2D eigenvalue weighted by Crippen LogP contribution is -2.36. The lowest BCUT2D eigenvalue weighted by molar-refractivity contribution is -0.117. The number of rotatable bonds is 4. The lowest BCUT2D eigenvalue weighted by atomic mass is 10.0. The fraction of sp³-hybridized carbons (Fsp3) is 0.533. The van der Waals surface area contributed by atoms with Crippen molar-refractivity contribution in [1.29, 1.82) is 0 Å². The normalized spacial score (nSPS) is 15.5. The van der Waals surface area contributed by atoms with Crippen LogP contribution in [0.1, 0.15) is 25.8 Å². The summed E-state index contributed by atoms with van der Waals surface area (Å²) in [5.74, 6) is 0.328. The van der Waals surface area contributed by atoms with Gasteiger partial charge in [0.05, 0.1) is 6.04 Å². The van der Waals surface area contributed by atoms with Gasteiger partial charge in [0.25, 0.3) is 0 Å². The topological polar surface area (TPSA) is 58.4 Å². The van der Waals surface area contributed by atoms with Crippen LogP contribution in [0.5, 0.6) is 0 Å². The number of hydrogen-bond donors (Lipinski definition) is 2. The summed E-state index contributed by atoms with van der Waals surface area (Å²) in [5, 5.41) is 2.91. The van der Waals surface area contributed by atoms with Gasteiger partial charge in [0.1, 0.15) is 0 Å². The van der Waals surface area contributed by atoms with Gasteiger partial charge in [-0.25, -0.2) is 0 Å². The molecular weight excluding hydrogens is 238 g/mol. The van der Waals surface area contributed by atoms with Gasteiger partial charge in [-0.2, -0.15) is 0 Å². The van der Waals surface area contributed by atoms with Crippen molar-refractivity contribution in [3.63, 3.8) is 0 Å². The SMILES string of the molecule is CC(C)C[C@@H](N)C(=O)Nc1ccc2c(c1)CCN2C. The second-order valence-corrected chi connectivity index (χ2v) is 5.74. The third-order valence-electron chi connectivity index (χ3n) is 3.54. The Bertz CT molecular complexity index is 470. The molecule has 19 heavy (non-hydrogen) atoms. The molecule has 0 aliphatic carbocycles. The van der Waals surface area contributed by atoms with Gasteiger partial charge in [0.2, 0.25) is 5.91 Å². The molecule has 0 aromatic heterocycles. The molecule has 1 aromatic rings. The number of benzene rings is 1. The van der Waals surface area contributed by atoms with Crippen LogP contribution in [0.3, 0.4) is 0 Å². The van der Waals surface area contributed by atoms with Crippen molar-refractivity contribution in [2.75, 3.05) is 23.8 Å². The van der Waals surface area contributed by atoms with E-state index in [1.54, 1.807) is 0 Å². The van der Waals surface area contributed by atoms with E-state index in [4.69, 9.17) is 5.73 Å². The van der Waals surface area contributed by atoms with Crippen molar-refractivity contribution in [3.05, 3.63) is 23.8 Å². The highest BCUT2D eigenvalue weighted by Crippen LogP contribution is 2.29. The Balaban J connectivity index is 2.02. The van der Waals surface area contributed by atoms with Gasteiger partial charge >= 0.3 is 0 Å². The summed E-state index contributed by atoms with van der Waals surface area (Å²) < 4.78 is 0. The molecule has 1 aromatic carbocycles. The number of anilines is 2. The Kier molecular flexibility index (Phi) is 4.10. The van der Waals surface area contributed by atoms with Crippen LogP contribution < -0.4 is 16.0 Å². The zero-order chi connectivity index (χ0) is 14.0. The van der Waals surface area contributed by atoms with Crippen molar-refractivity contribution < 1.29 is 4.79 Å². The first-order valence-corrected chi connectivity index (χ1v) is 6.88. The Morgan fingerprint density at radius 1 is 1.47 bits per heavy atom. The fourth-order valence-electron chi connectivity index (χ4n) is 2.49. The largest absolute Gasteiger partial charge is 0.374 e. The molecule has 1 aliphatic heterocycles. The molecule has 0 unspecified atom stereocenters. The highest BCUT2D eigenvalue weighted by Gasteiger charge is 2.18. The molecule has 1 heterocycles. The maximum atomic E-state index is 12.0.